The number of anilines is 1. The van der Waals surface area contributed by atoms with Gasteiger partial charge >= 0.3 is 10.3 Å². The van der Waals surface area contributed by atoms with Crippen LogP contribution in [-0.4, -0.2) is 60.1 Å². The predicted octanol–water partition coefficient (Wildman–Crippen LogP) is 2.27. The average Bonchev–Trinajstić information content (AvgIpc) is 2.83. The maximum atomic E-state index is 11.0. The lowest BCUT2D eigenvalue weighted by molar-refractivity contribution is 0.139. The van der Waals surface area contributed by atoms with Crippen LogP contribution in [0.15, 0.2) is 54.7 Å². The first-order chi connectivity index (χ1) is 17.2. The maximum absolute atomic E-state index is 11.0. The molecule has 36 heavy (non-hydrogen) atoms. The first kappa shape index (κ1) is 25.8. The fourth-order valence-corrected chi connectivity index (χ4v) is 4.61. The number of nitrogens with one attached hydrogen (secondary N) is 2. The van der Waals surface area contributed by atoms with Crippen molar-refractivity contribution in [3.05, 3.63) is 65.9 Å². The molecule has 1 fully saturated rings. The van der Waals surface area contributed by atoms with Gasteiger partial charge in [0.2, 0.25) is 5.95 Å². The summed E-state index contributed by atoms with van der Waals surface area (Å²) < 4.78 is 26.6. The van der Waals surface area contributed by atoms with E-state index in [9.17, 15) is 13.5 Å². The van der Waals surface area contributed by atoms with E-state index in [1.165, 1.54) is 17.7 Å². The largest absolute Gasteiger partial charge is 0.504 e. The number of nitrogens with zero attached hydrogens (tertiary/aromatic N) is 3. The van der Waals surface area contributed by atoms with Crippen molar-refractivity contribution in [2.75, 3.05) is 25.0 Å². The number of hydrogen-bond donors (Lipinski definition) is 4. The summed E-state index contributed by atoms with van der Waals surface area (Å²) in [6, 6.07) is 15.8. The van der Waals surface area contributed by atoms with Gasteiger partial charge in [0.05, 0.1) is 5.69 Å². The smallest absolute Gasteiger partial charge is 0.380 e. The number of phenolic OH excluding ortho intramolecular Hbond substituents is 1. The van der Waals surface area contributed by atoms with Crippen molar-refractivity contribution in [3.8, 4) is 22.8 Å². The van der Waals surface area contributed by atoms with Crippen molar-refractivity contribution in [1.82, 2.24) is 20.2 Å². The van der Waals surface area contributed by atoms with Gasteiger partial charge in [-0.25, -0.2) is 9.97 Å². The Bertz CT molecular complexity index is 1300. The van der Waals surface area contributed by atoms with Crippen molar-refractivity contribution in [1.29, 1.82) is 0 Å². The van der Waals surface area contributed by atoms with E-state index in [4.69, 9.17) is 5.14 Å². The average molecular weight is 513 g/mol. The third kappa shape index (κ3) is 7.14. The highest BCUT2D eigenvalue weighted by Crippen LogP contribution is 2.28. The Labute approximate surface area is 211 Å². The molecule has 3 aromatic rings. The van der Waals surface area contributed by atoms with Gasteiger partial charge in [0.1, 0.15) is 0 Å². The van der Waals surface area contributed by atoms with Crippen LogP contribution in [0.4, 0.5) is 5.95 Å². The van der Waals surface area contributed by atoms with E-state index in [-0.39, 0.29) is 11.5 Å². The molecule has 5 N–H and O–H groups in total. The van der Waals surface area contributed by atoms with Crippen LogP contribution in [0.25, 0.3) is 11.3 Å². The summed E-state index contributed by atoms with van der Waals surface area (Å²) in [4.78, 5) is 11.5. The molecule has 1 aliphatic rings. The van der Waals surface area contributed by atoms with Crippen molar-refractivity contribution >= 4 is 16.3 Å². The van der Waals surface area contributed by atoms with Gasteiger partial charge in [0.15, 0.2) is 11.5 Å². The Morgan fingerprint density at radius 3 is 2.81 bits per heavy atom. The zero-order valence-corrected chi connectivity index (χ0v) is 21.2. The highest BCUT2D eigenvalue weighted by Gasteiger charge is 2.22. The lowest BCUT2D eigenvalue weighted by atomic mass is 10.1. The van der Waals surface area contributed by atoms with Gasteiger partial charge in [-0.05, 0) is 55.7 Å². The van der Waals surface area contributed by atoms with Gasteiger partial charge in [0, 0.05) is 50.0 Å². The lowest BCUT2D eigenvalue weighted by Crippen LogP contribution is -2.53. The molecular formula is C25H32N6O4S. The van der Waals surface area contributed by atoms with Crippen LogP contribution in [0.5, 0.6) is 11.5 Å². The SMILES string of the molecule is CC1CN(Cc2cccc(-c3ccnc(NCCc4ccc(OS(N)(=O)=O)c(O)c4)n3)c2)C(C)CN1. The van der Waals surface area contributed by atoms with Gasteiger partial charge in [-0.3, -0.25) is 4.90 Å². The second-order valence-electron chi connectivity index (χ2n) is 9.11. The molecule has 2 heterocycles. The lowest BCUT2D eigenvalue weighted by Gasteiger charge is -2.37. The summed E-state index contributed by atoms with van der Waals surface area (Å²) in [7, 11) is -4.20. The second kappa shape index (κ2) is 11.2. The number of hydrogen-bond acceptors (Lipinski definition) is 9. The minimum absolute atomic E-state index is 0.214. The number of rotatable bonds is 9. The van der Waals surface area contributed by atoms with Gasteiger partial charge in [-0.2, -0.15) is 13.6 Å². The Kier molecular flexibility index (Phi) is 8.04. The van der Waals surface area contributed by atoms with Crippen LogP contribution in [0.2, 0.25) is 0 Å². The van der Waals surface area contributed by atoms with E-state index in [0.29, 0.717) is 31.0 Å². The minimum atomic E-state index is -4.20. The summed E-state index contributed by atoms with van der Waals surface area (Å²) in [5, 5.41) is 21.6. The van der Waals surface area contributed by atoms with Crippen LogP contribution in [0.1, 0.15) is 25.0 Å². The normalized spacial score (nSPS) is 18.6. The van der Waals surface area contributed by atoms with Crippen molar-refractivity contribution < 1.29 is 17.7 Å². The summed E-state index contributed by atoms with van der Waals surface area (Å²) in [6.07, 6.45) is 2.27. The molecule has 0 radical (unpaired) electrons. The number of benzene rings is 2. The maximum Gasteiger partial charge on any atom is 0.380 e. The van der Waals surface area contributed by atoms with Crippen LogP contribution >= 0.6 is 0 Å². The first-order valence-corrected chi connectivity index (χ1v) is 13.3. The van der Waals surface area contributed by atoms with Gasteiger partial charge in [0.25, 0.3) is 0 Å². The van der Waals surface area contributed by atoms with Gasteiger partial charge < -0.3 is 19.9 Å². The monoisotopic (exact) mass is 512 g/mol. The Morgan fingerprint density at radius 1 is 1.19 bits per heavy atom. The molecule has 0 bridgehead atoms. The van der Waals surface area contributed by atoms with E-state index >= 15 is 0 Å². The molecule has 0 saturated carbocycles. The molecule has 0 aliphatic carbocycles. The molecular weight excluding hydrogens is 480 g/mol. The van der Waals surface area contributed by atoms with E-state index in [1.54, 1.807) is 12.3 Å². The van der Waals surface area contributed by atoms with Crippen LogP contribution in [0, 0.1) is 0 Å². The minimum Gasteiger partial charge on any atom is -0.504 e. The van der Waals surface area contributed by atoms with Gasteiger partial charge in [-0.1, -0.05) is 24.3 Å². The van der Waals surface area contributed by atoms with E-state index in [1.807, 2.05) is 12.1 Å². The van der Waals surface area contributed by atoms with Crippen LogP contribution in [-0.2, 0) is 23.3 Å². The topological polar surface area (TPSA) is 143 Å². The van der Waals surface area contributed by atoms with Crippen molar-refractivity contribution in [2.24, 2.45) is 5.14 Å². The van der Waals surface area contributed by atoms with Gasteiger partial charge in [-0.15, -0.1) is 0 Å². The highest BCUT2D eigenvalue weighted by atomic mass is 32.2. The molecule has 0 amide bonds. The second-order valence-corrected chi connectivity index (χ2v) is 10.3. The molecule has 4 rings (SSSR count). The Balaban J connectivity index is 1.37. The number of piperazine rings is 1. The van der Waals surface area contributed by atoms with Crippen LogP contribution in [0.3, 0.4) is 0 Å². The standard InChI is InChI=1S/C25H32N6O4S/c1-17-15-31(18(2)14-29-17)16-20-4-3-5-21(12-20)22-9-11-28-25(30-22)27-10-8-19-6-7-24(23(32)13-19)35-36(26,33)34/h3-7,9,11-13,17-18,29,32H,8,10,14-16H2,1-2H3,(H2,26,33,34)(H,27,28,30). The fourth-order valence-electron chi connectivity index (χ4n) is 4.22. The predicted molar refractivity (Wildman–Crippen MR) is 139 cm³/mol. The molecule has 10 nitrogen and oxygen atoms in total. The fraction of sp³-hybridized carbons (Fsp3) is 0.360. The summed E-state index contributed by atoms with van der Waals surface area (Å²) in [5.74, 6) is -0.0152. The molecule has 2 unspecified atom stereocenters. The Hall–Kier alpha value is -3.25. The number of phenols is 1. The van der Waals surface area contributed by atoms with E-state index in [2.05, 4.69) is 61.7 Å². The molecule has 11 heteroatoms. The molecule has 192 valence electrons. The summed E-state index contributed by atoms with van der Waals surface area (Å²) in [6.45, 7) is 7.88. The van der Waals surface area contributed by atoms with Crippen molar-refractivity contribution in [3.63, 3.8) is 0 Å². The van der Waals surface area contributed by atoms with E-state index < -0.39 is 10.3 Å². The molecule has 0 spiro atoms. The van der Waals surface area contributed by atoms with Crippen molar-refractivity contribution in [2.45, 2.75) is 38.9 Å². The first-order valence-electron chi connectivity index (χ1n) is 11.8. The zero-order chi connectivity index (χ0) is 25.7. The number of aromatic hydroxyl groups is 1. The third-order valence-electron chi connectivity index (χ3n) is 6.08. The summed E-state index contributed by atoms with van der Waals surface area (Å²) >= 11 is 0. The number of aromatic nitrogens is 2. The number of nitrogens with two attached hydrogens (primary N) is 1. The molecule has 1 saturated heterocycles. The van der Waals surface area contributed by atoms with E-state index in [0.717, 1.165) is 36.5 Å². The molecule has 1 aliphatic heterocycles. The Morgan fingerprint density at radius 2 is 2.03 bits per heavy atom. The van der Waals surface area contributed by atoms with Crippen LogP contribution < -0.4 is 20.0 Å². The molecule has 1 aromatic heterocycles. The molecule has 2 atom stereocenters. The molecule has 2 aromatic carbocycles. The third-order valence-corrected chi connectivity index (χ3v) is 6.50. The zero-order valence-electron chi connectivity index (χ0n) is 20.4. The summed E-state index contributed by atoms with van der Waals surface area (Å²) in [5.41, 5.74) is 3.89. The quantitative estimate of drug-likeness (QED) is 0.339. The highest BCUT2D eigenvalue weighted by molar-refractivity contribution is 7.84.